The highest BCUT2D eigenvalue weighted by Crippen LogP contribution is 2.35. The first kappa shape index (κ1) is 17.7. The molecule has 2 aliphatic heterocycles. The van der Waals surface area contributed by atoms with E-state index in [1.54, 1.807) is 11.8 Å². The molecule has 0 aromatic carbocycles. The topological polar surface area (TPSA) is 96.7 Å². The first-order chi connectivity index (χ1) is 12.7. The van der Waals surface area contributed by atoms with E-state index in [2.05, 4.69) is 15.6 Å². The predicted octanol–water partition coefficient (Wildman–Crippen LogP) is 1.19. The highest BCUT2D eigenvalue weighted by atomic mass is 16.6. The van der Waals surface area contributed by atoms with E-state index in [0.29, 0.717) is 19.8 Å². The third-order valence-corrected chi connectivity index (χ3v) is 5.36. The van der Waals surface area contributed by atoms with Crippen molar-refractivity contribution >= 4 is 6.09 Å². The van der Waals surface area contributed by atoms with Crippen molar-refractivity contribution in [3.63, 3.8) is 0 Å². The molecule has 0 radical (unpaired) electrons. The standard InChI is InChI=1S/C17H26N4O5/c1-23-8-12-7-21(20-19-12)13-9-24-16-14(10-25-15(13)16)26-17(22)18-11-5-3-2-4-6-11/h7,11,13-16H,2-6,8-10H2,1H3,(H,18,22). The molecule has 3 aliphatic rings. The van der Waals surface area contributed by atoms with E-state index in [9.17, 15) is 4.79 Å². The molecule has 3 heterocycles. The molecular weight excluding hydrogens is 340 g/mol. The summed E-state index contributed by atoms with van der Waals surface area (Å²) in [6, 6.07) is 0.147. The largest absolute Gasteiger partial charge is 0.441 e. The van der Waals surface area contributed by atoms with Gasteiger partial charge in [-0.3, -0.25) is 0 Å². The van der Waals surface area contributed by atoms with Gasteiger partial charge in [0.25, 0.3) is 0 Å². The average molecular weight is 366 g/mol. The van der Waals surface area contributed by atoms with Crippen LogP contribution in [0, 0.1) is 0 Å². The van der Waals surface area contributed by atoms with Crippen molar-refractivity contribution in [1.82, 2.24) is 20.3 Å². The molecule has 9 heteroatoms. The van der Waals surface area contributed by atoms with Gasteiger partial charge in [0.05, 0.1) is 26.0 Å². The zero-order chi connectivity index (χ0) is 17.9. The Morgan fingerprint density at radius 2 is 2.08 bits per heavy atom. The van der Waals surface area contributed by atoms with Gasteiger partial charge < -0.3 is 24.3 Å². The van der Waals surface area contributed by atoms with E-state index in [1.165, 1.54) is 6.42 Å². The lowest BCUT2D eigenvalue weighted by molar-refractivity contribution is 0.00170. The number of carbonyl (C=O) groups excluding carboxylic acids is 1. The maximum absolute atomic E-state index is 12.2. The average Bonchev–Trinajstić information content (AvgIpc) is 3.34. The number of amides is 1. The summed E-state index contributed by atoms with van der Waals surface area (Å²) >= 11 is 0. The SMILES string of the molecule is COCc1cn(C2COC3C(OC(=O)NC4CCCCC4)COC32)nn1. The number of methoxy groups -OCH3 is 1. The Kier molecular flexibility index (Phi) is 5.37. The Morgan fingerprint density at radius 3 is 2.88 bits per heavy atom. The molecule has 0 spiro atoms. The number of hydrogen-bond donors (Lipinski definition) is 1. The van der Waals surface area contributed by atoms with E-state index < -0.39 is 6.10 Å². The van der Waals surface area contributed by atoms with Crippen molar-refractivity contribution in [3.8, 4) is 0 Å². The molecule has 3 fully saturated rings. The van der Waals surface area contributed by atoms with Crippen molar-refractivity contribution in [2.75, 3.05) is 20.3 Å². The number of ether oxygens (including phenoxy) is 4. The molecule has 0 bridgehead atoms. The Hall–Kier alpha value is -1.71. The Labute approximate surface area is 152 Å². The Balaban J connectivity index is 1.32. The van der Waals surface area contributed by atoms with Gasteiger partial charge in [-0.25, -0.2) is 9.48 Å². The minimum Gasteiger partial charge on any atom is -0.441 e. The second-order valence-corrected chi connectivity index (χ2v) is 7.21. The zero-order valence-corrected chi connectivity index (χ0v) is 15.0. The molecular formula is C17H26N4O5. The summed E-state index contributed by atoms with van der Waals surface area (Å²) in [5.74, 6) is 0. The normalized spacial score (nSPS) is 31.7. The van der Waals surface area contributed by atoms with E-state index in [4.69, 9.17) is 18.9 Å². The molecule has 4 unspecified atom stereocenters. The van der Waals surface area contributed by atoms with Crippen LogP contribution in [0.15, 0.2) is 6.20 Å². The second kappa shape index (κ2) is 7.89. The predicted molar refractivity (Wildman–Crippen MR) is 89.5 cm³/mol. The van der Waals surface area contributed by atoms with Crippen LogP contribution in [0.1, 0.15) is 43.8 Å². The molecule has 9 nitrogen and oxygen atoms in total. The van der Waals surface area contributed by atoms with Crippen LogP contribution >= 0.6 is 0 Å². The molecule has 1 saturated carbocycles. The molecule has 2 saturated heterocycles. The zero-order valence-electron chi connectivity index (χ0n) is 15.0. The molecule has 1 amide bonds. The summed E-state index contributed by atoms with van der Waals surface area (Å²) in [6.07, 6.45) is 6.23. The number of hydrogen-bond acceptors (Lipinski definition) is 7. The second-order valence-electron chi connectivity index (χ2n) is 7.21. The van der Waals surface area contributed by atoms with Crippen LogP contribution in [0.5, 0.6) is 0 Å². The van der Waals surface area contributed by atoms with E-state index in [1.807, 2.05) is 6.20 Å². The number of fused-ring (bicyclic) bond motifs is 1. The molecule has 1 N–H and O–H groups in total. The van der Waals surface area contributed by atoms with Gasteiger partial charge in [0.1, 0.15) is 23.9 Å². The van der Waals surface area contributed by atoms with Crippen LogP contribution in [0.4, 0.5) is 4.79 Å². The van der Waals surface area contributed by atoms with E-state index in [0.717, 1.165) is 31.4 Å². The van der Waals surface area contributed by atoms with E-state index >= 15 is 0 Å². The number of carbonyl (C=O) groups is 1. The smallest absolute Gasteiger partial charge is 0.407 e. The summed E-state index contributed by atoms with van der Waals surface area (Å²) in [5.41, 5.74) is 0.758. The maximum Gasteiger partial charge on any atom is 0.407 e. The van der Waals surface area contributed by atoms with Gasteiger partial charge in [0.15, 0.2) is 6.10 Å². The van der Waals surface area contributed by atoms with Crippen LogP contribution in [-0.2, 0) is 25.6 Å². The van der Waals surface area contributed by atoms with E-state index in [-0.39, 0.29) is 30.4 Å². The quantitative estimate of drug-likeness (QED) is 0.836. The number of rotatable bonds is 5. The fourth-order valence-corrected chi connectivity index (χ4v) is 4.05. The first-order valence-corrected chi connectivity index (χ1v) is 9.34. The molecule has 4 atom stereocenters. The van der Waals surface area contributed by atoms with Crippen LogP contribution in [-0.4, -0.2) is 65.8 Å². The van der Waals surface area contributed by atoms with Gasteiger partial charge in [-0.1, -0.05) is 24.5 Å². The van der Waals surface area contributed by atoms with Gasteiger partial charge in [-0.05, 0) is 12.8 Å². The summed E-state index contributed by atoms with van der Waals surface area (Å²) in [6.45, 7) is 1.20. The molecule has 1 aromatic rings. The number of nitrogens with zero attached hydrogens (tertiary/aromatic N) is 3. The lowest BCUT2D eigenvalue weighted by Gasteiger charge is -2.24. The van der Waals surface area contributed by atoms with Gasteiger partial charge in [-0.2, -0.15) is 0 Å². The highest BCUT2D eigenvalue weighted by molar-refractivity contribution is 5.68. The molecule has 1 aromatic heterocycles. The number of aromatic nitrogens is 3. The van der Waals surface area contributed by atoms with Crippen LogP contribution in [0.25, 0.3) is 0 Å². The molecule has 4 rings (SSSR count). The number of alkyl carbamates (subject to hydrolysis) is 1. The minimum atomic E-state index is -0.393. The van der Waals surface area contributed by atoms with Crippen molar-refractivity contribution in [2.24, 2.45) is 0 Å². The molecule has 26 heavy (non-hydrogen) atoms. The molecule has 1 aliphatic carbocycles. The third-order valence-electron chi connectivity index (χ3n) is 5.36. The highest BCUT2D eigenvalue weighted by Gasteiger charge is 2.50. The number of nitrogens with one attached hydrogen (secondary N) is 1. The van der Waals surface area contributed by atoms with Crippen molar-refractivity contribution in [2.45, 2.75) is 69.1 Å². The van der Waals surface area contributed by atoms with Crippen molar-refractivity contribution in [1.29, 1.82) is 0 Å². The van der Waals surface area contributed by atoms with Crippen molar-refractivity contribution < 1.29 is 23.7 Å². The monoisotopic (exact) mass is 366 g/mol. The Morgan fingerprint density at radius 1 is 1.27 bits per heavy atom. The third kappa shape index (κ3) is 3.70. The first-order valence-electron chi connectivity index (χ1n) is 9.34. The molecule has 144 valence electrons. The van der Waals surface area contributed by atoms with Gasteiger partial charge in [-0.15, -0.1) is 5.10 Å². The maximum atomic E-state index is 12.2. The lowest BCUT2D eigenvalue weighted by atomic mass is 9.96. The van der Waals surface area contributed by atoms with Gasteiger partial charge in [0.2, 0.25) is 0 Å². The van der Waals surface area contributed by atoms with Gasteiger partial charge >= 0.3 is 6.09 Å². The van der Waals surface area contributed by atoms with Crippen LogP contribution < -0.4 is 5.32 Å². The minimum absolute atomic E-state index is 0.0758. The fourth-order valence-electron chi connectivity index (χ4n) is 4.05. The summed E-state index contributed by atoms with van der Waals surface area (Å²) in [5, 5.41) is 11.2. The van der Waals surface area contributed by atoms with Crippen LogP contribution in [0.2, 0.25) is 0 Å². The lowest BCUT2D eigenvalue weighted by Crippen LogP contribution is -2.41. The van der Waals surface area contributed by atoms with Crippen molar-refractivity contribution in [3.05, 3.63) is 11.9 Å². The fraction of sp³-hybridized carbons (Fsp3) is 0.824. The summed E-state index contributed by atoms with van der Waals surface area (Å²) in [4.78, 5) is 12.2. The summed E-state index contributed by atoms with van der Waals surface area (Å²) in [7, 11) is 1.62. The Bertz CT molecular complexity index is 618. The van der Waals surface area contributed by atoms with Crippen LogP contribution in [0.3, 0.4) is 0 Å². The van der Waals surface area contributed by atoms with Gasteiger partial charge in [0, 0.05) is 13.2 Å². The summed E-state index contributed by atoms with van der Waals surface area (Å²) < 4.78 is 24.1.